The monoisotopic (exact) mass is 239 g/mol. The van der Waals surface area contributed by atoms with Gasteiger partial charge in [0.25, 0.3) is 0 Å². The van der Waals surface area contributed by atoms with Gasteiger partial charge in [0.2, 0.25) is 0 Å². The van der Waals surface area contributed by atoms with E-state index < -0.39 is 5.60 Å². The van der Waals surface area contributed by atoms with E-state index in [4.69, 9.17) is 0 Å². The van der Waals surface area contributed by atoms with Gasteiger partial charge in [0.15, 0.2) is 0 Å². The summed E-state index contributed by atoms with van der Waals surface area (Å²) in [6, 6.07) is 0.606. The largest absolute Gasteiger partial charge is 0.389 e. The van der Waals surface area contributed by atoms with Crippen molar-refractivity contribution in [1.82, 2.24) is 5.32 Å². The third kappa shape index (κ3) is 3.45. The summed E-state index contributed by atoms with van der Waals surface area (Å²) in [5.41, 5.74) is -0.00371. The SMILES string of the molecule is CC1(C)CCCC1NCC1(O)CCCCCC1. The number of nitrogens with one attached hydrogen (secondary N) is 1. The van der Waals surface area contributed by atoms with Crippen molar-refractivity contribution in [3.05, 3.63) is 0 Å². The van der Waals surface area contributed by atoms with Crippen molar-refractivity contribution >= 4 is 0 Å². The van der Waals surface area contributed by atoms with E-state index in [-0.39, 0.29) is 0 Å². The lowest BCUT2D eigenvalue weighted by Crippen LogP contribution is -2.47. The molecule has 2 N–H and O–H groups in total. The summed E-state index contributed by atoms with van der Waals surface area (Å²) in [5.74, 6) is 0. The fourth-order valence-corrected chi connectivity index (χ4v) is 3.58. The summed E-state index contributed by atoms with van der Waals surface area (Å²) >= 11 is 0. The summed E-state index contributed by atoms with van der Waals surface area (Å²) in [4.78, 5) is 0. The molecule has 17 heavy (non-hydrogen) atoms. The molecular weight excluding hydrogens is 210 g/mol. The van der Waals surface area contributed by atoms with Crippen LogP contribution in [0.4, 0.5) is 0 Å². The van der Waals surface area contributed by atoms with Gasteiger partial charge in [-0.3, -0.25) is 0 Å². The lowest BCUT2D eigenvalue weighted by atomic mass is 9.86. The Bertz CT molecular complexity index is 241. The molecule has 0 spiro atoms. The highest BCUT2D eigenvalue weighted by molar-refractivity contribution is 4.93. The maximum atomic E-state index is 10.6. The first-order valence-electron chi connectivity index (χ1n) is 7.48. The Hall–Kier alpha value is -0.0800. The van der Waals surface area contributed by atoms with Gasteiger partial charge < -0.3 is 10.4 Å². The van der Waals surface area contributed by atoms with Crippen LogP contribution in [0.5, 0.6) is 0 Å². The first-order chi connectivity index (χ1) is 8.02. The summed E-state index contributed by atoms with van der Waals surface area (Å²) < 4.78 is 0. The van der Waals surface area contributed by atoms with Crippen molar-refractivity contribution in [2.45, 2.75) is 83.3 Å². The minimum absolute atomic E-state index is 0.418. The van der Waals surface area contributed by atoms with Crippen molar-refractivity contribution in [3.8, 4) is 0 Å². The molecule has 2 aliphatic carbocycles. The summed E-state index contributed by atoms with van der Waals surface area (Å²) in [5, 5.41) is 14.3. The van der Waals surface area contributed by atoms with Gasteiger partial charge in [-0.25, -0.2) is 0 Å². The van der Waals surface area contributed by atoms with Crippen LogP contribution in [0.2, 0.25) is 0 Å². The molecule has 1 atom stereocenters. The molecule has 2 nitrogen and oxygen atoms in total. The van der Waals surface area contributed by atoms with E-state index in [2.05, 4.69) is 19.2 Å². The molecular formula is C15H29NO. The zero-order valence-corrected chi connectivity index (χ0v) is 11.6. The maximum absolute atomic E-state index is 10.6. The van der Waals surface area contributed by atoms with E-state index in [0.717, 1.165) is 19.4 Å². The van der Waals surface area contributed by atoms with Gasteiger partial charge in [-0.05, 0) is 31.1 Å². The van der Waals surface area contributed by atoms with Gasteiger partial charge in [-0.2, -0.15) is 0 Å². The molecule has 0 amide bonds. The molecule has 2 saturated carbocycles. The van der Waals surface area contributed by atoms with Crippen LogP contribution in [0, 0.1) is 5.41 Å². The van der Waals surface area contributed by atoms with Crippen LogP contribution in [-0.4, -0.2) is 23.3 Å². The van der Waals surface area contributed by atoms with Gasteiger partial charge >= 0.3 is 0 Å². The van der Waals surface area contributed by atoms with E-state index in [1.165, 1.54) is 44.9 Å². The average Bonchev–Trinajstić information content (AvgIpc) is 2.48. The third-order valence-electron chi connectivity index (χ3n) is 4.97. The van der Waals surface area contributed by atoms with Crippen molar-refractivity contribution < 1.29 is 5.11 Å². The number of hydrogen-bond donors (Lipinski definition) is 2. The highest BCUT2D eigenvalue weighted by Gasteiger charge is 2.36. The molecule has 0 aliphatic heterocycles. The molecule has 1 unspecified atom stereocenters. The molecule has 0 bridgehead atoms. The van der Waals surface area contributed by atoms with E-state index >= 15 is 0 Å². The normalized spacial score (nSPS) is 32.3. The smallest absolute Gasteiger partial charge is 0.0771 e. The number of rotatable bonds is 3. The fraction of sp³-hybridized carbons (Fsp3) is 1.00. The van der Waals surface area contributed by atoms with Crippen molar-refractivity contribution in [3.63, 3.8) is 0 Å². The highest BCUT2D eigenvalue weighted by atomic mass is 16.3. The zero-order chi connectivity index (χ0) is 12.4. The van der Waals surface area contributed by atoms with Crippen LogP contribution in [0.1, 0.15) is 71.6 Å². The van der Waals surface area contributed by atoms with E-state index in [1.54, 1.807) is 0 Å². The second-order valence-electron chi connectivity index (χ2n) is 6.95. The van der Waals surface area contributed by atoms with E-state index in [0.29, 0.717) is 11.5 Å². The van der Waals surface area contributed by atoms with Crippen LogP contribution < -0.4 is 5.32 Å². The van der Waals surface area contributed by atoms with Crippen LogP contribution in [-0.2, 0) is 0 Å². The maximum Gasteiger partial charge on any atom is 0.0771 e. The van der Waals surface area contributed by atoms with E-state index in [9.17, 15) is 5.11 Å². The molecule has 2 fully saturated rings. The molecule has 0 heterocycles. The molecule has 0 aromatic rings. The van der Waals surface area contributed by atoms with Crippen LogP contribution >= 0.6 is 0 Å². The minimum atomic E-state index is -0.421. The Labute approximate surface area is 106 Å². The lowest BCUT2D eigenvalue weighted by Gasteiger charge is -2.33. The minimum Gasteiger partial charge on any atom is -0.389 e. The van der Waals surface area contributed by atoms with Crippen LogP contribution in [0.25, 0.3) is 0 Å². The van der Waals surface area contributed by atoms with Gasteiger partial charge in [-0.15, -0.1) is 0 Å². The van der Waals surface area contributed by atoms with Crippen molar-refractivity contribution in [2.75, 3.05) is 6.54 Å². The van der Waals surface area contributed by atoms with Crippen LogP contribution in [0.3, 0.4) is 0 Å². The zero-order valence-electron chi connectivity index (χ0n) is 11.6. The van der Waals surface area contributed by atoms with Gasteiger partial charge in [0, 0.05) is 12.6 Å². The molecule has 2 rings (SSSR count). The van der Waals surface area contributed by atoms with Gasteiger partial charge in [0.05, 0.1) is 5.60 Å². The summed E-state index contributed by atoms with van der Waals surface area (Å²) in [7, 11) is 0. The molecule has 2 aliphatic rings. The Morgan fingerprint density at radius 2 is 1.65 bits per heavy atom. The Kier molecular flexibility index (Phi) is 4.14. The first-order valence-corrected chi connectivity index (χ1v) is 7.48. The lowest BCUT2D eigenvalue weighted by molar-refractivity contribution is 0.0196. The fourth-order valence-electron chi connectivity index (χ4n) is 3.58. The molecule has 0 saturated heterocycles. The van der Waals surface area contributed by atoms with E-state index in [1.807, 2.05) is 0 Å². The quantitative estimate of drug-likeness (QED) is 0.741. The second kappa shape index (κ2) is 5.27. The molecule has 0 aromatic carbocycles. The average molecular weight is 239 g/mol. The van der Waals surface area contributed by atoms with Crippen molar-refractivity contribution in [1.29, 1.82) is 0 Å². The Morgan fingerprint density at radius 3 is 2.18 bits per heavy atom. The standard InChI is InChI=1S/C15H29NO/c1-14(2)9-7-8-13(14)16-12-15(17)10-5-3-4-6-11-15/h13,16-17H,3-12H2,1-2H3. The predicted octanol–water partition coefficient (Wildman–Crippen LogP) is 3.24. The molecule has 2 heteroatoms. The molecule has 100 valence electrons. The van der Waals surface area contributed by atoms with Gasteiger partial charge in [-0.1, -0.05) is 46.0 Å². The first kappa shape index (κ1) is 13.4. The Balaban J connectivity index is 1.84. The number of aliphatic hydroxyl groups is 1. The predicted molar refractivity (Wildman–Crippen MR) is 72.1 cm³/mol. The van der Waals surface area contributed by atoms with Gasteiger partial charge in [0.1, 0.15) is 0 Å². The van der Waals surface area contributed by atoms with Crippen molar-refractivity contribution in [2.24, 2.45) is 5.41 Å². The third-order valence-corrected chi connectivity index (χ3v) is 4.97. The molecule has 0 aromatic heterocycles. The highest BCUT2D eigenvalue weighted by Crippen LogP contribution is 2.37. The molecule has 0 radical (unpaired) electrons. The number of hydrogen-bond acceptors (Lipinski definition) is 2. The second-order valence-corrected chi connectivity index (χ2v) is 6.95. The topological polar surface area (TPSA) is 32.3 Å². The van der Waals surface area contributed by atoms with Crippen LogP contribution in [0.15, 0.2) is 0 Å². The summed E-state index contributed by atoms with van der Waals surface area (Å²) in [6.07, 6.45) is 10.9. The Morgan fingerprint density at radius 1 is 1.00 bits per heavy atom. The summed E-state index contributed by atoms with van der Waals surface area (Å²) in [6.45, 7) is 5.52.